The van der Waals surface area contributed by atoms with Crippen LogP contribution in [0, 0.1) is 0 Å². The van der Waals surface area contributed by atoms with Crippen molar-refractivity contribution in [3.05, 3.63) is 0 Å². The van der Waals surface area contributed by atoms with Gasteiger partial charge in [-0.15, -0.1) is 0 Å². The van der Waals surface area contributed by atoms with Gasteiger partial charge in [-0.2, -0.15) is 26.3 Å². The molecule has 0 aromatic rings. The minimum Gasteiger partial charge on any atom is -0.386 e. The molecule has 0 bridgehead atoms. The summed E-state index contributed by atoms with van der Waals surface area (Å²) >= 11 is 0. The Kier molecular flexibility index (Phi) is 13.0. The first-order valence-electron chi connectivity index (χ1n) is 7.18. The predicted molar refractivity (Wildman–Crippen MR) is 76.0 cm³/mol. The maximum atomic E-state index is 11.7. The van der Waals surface area contributed by atoms with Gasteiger partial charge >= 0.3 is 36.2 Å². The lowest BCUT2D eigenvalue weighted by molar-refractivity contribution is -0.202. The summed E-state index contributed by atoms with van der Waals surface area (Å²) in [4.78, 5) is 41.8. The monoisotopic (exact) mass is 412 g/mol. The number of carbonyl (C=O) groups is 4. The molecule has 0 aromatic carbocycles. The van der Waals surface area contributed by atoms with Crippen LogP contribution in [0.5, 0.6) is 0 Å². The topological polar surface area (TPSA) is 111 Å². The van der Waals surface area contributed by atoms with E-state index < -0.39 is 55.5 Å². The van der Waals surface area contributed by atoms with Crippen LogP contribution in [0.1, 0.15) is 19.3 Å². The van der Waals surface area contributed by atoms with E-state index in [9.17, 15) is 45.5 Å². The highest BCUT2D eigenvalue weighted by molar-refractivity contribution is 5.89. The zero-order chi connectivity index (χ0) is 21.7. The molecule has 0 saturated heterocycles. The van der Waals surface area contributed by atoms with Crippen molar-refractivity contribution in [3.8, 4) is 0 Å². The number of rotatable bonds is 7. The van der Waals surface area contributed by atoms with Gasteiger partial charge < -0.3 is 20.1 Å². The number of hydrogen-bond donors (Lipinski definition) is 2. The fourth-order valence-electron chi connectivity index (χ4n) is 1.05. The van der Waals surface area contributed by atoms with Gasteiger partial charge in [-0.05, 0) is 20.5 Å². The second-order valence-electron chi connectivity index (χ2n) is 4.58. The summed E-state index contributed by atoms with van der Waals surface area (Å²) in [6.07, 6.45) is -13.1. The summed E-state index contributed by atoms with van der Waals surface area (Å²) in [5, 5.41) is 6.01. The average Bonchev–Trinajstić information content (AvgIpc) is 2.51. The lowest BCUT2D eigenvalue weighted by Crippen LogP contribution is -2.28. The molecule has 14 heteroatoms. The zero-order valence-electron chi connectivity index (χ0n) is 14.3. The first kappa shape index (κ1) is 27.0. The molecule has 0 rings (SSSR count). The smallest absolute Gasteiger partial charge is 0.386 e. The fraction of sp³-hybridized carbons (Fsp3) is 0.692. The minimum atomic E-state index is -5.38. The molecule has 0 radical (unpaired) electrons. The molecule has 0 aliphatic carbocycles. The van der Waals surface area contributed by atoms with E-state index in [0.29, 0.717) is 0 Å². The molecule has 0 saturated carbocycles. The van der Waals surface area contributed by atoms with Gasteiger partial charge in [0.05, 0.1) is 0 Å². The lowest BCUT2D eigenvalue weighted by Gasteiger charge is -2.06. The molecular weight excluding hydrogens is 394 g/mol. The van der Waals surface area contributed by atoms with Crippen molar-refractivity contribution < 1.29 is 55.0 Å². The van der Waals surface area contributed by atoms with Gasteiger partial charge in [0.2, 0.25) is 0 Å². The van der Waals surface area contributed by atoms with E-state index in [4.69, 9.17) is 0 Å². The highest BCUT2D eigenvalue weighted by atomic mass is 19.4. The predicted octanol–water partition coefficient (Wildman–Crippen LogP) is 0.846. The van der Waals surface area contributed by atoms with Crippen LogP contribution >= 0.6 is 0 Å². The number of halogens is 6. The molecular formula is C13H18F6N2O6. The number of hydrogen-bond acceptors (Lipinski definition) is 8. The fourth-order valence-corrected chi connectivity index (χ4v) is 1.05. The summed E-state index contributed by atoms with van der Waals surface area (Å²) in [5.74, 6) is -8.79. The molecule has 0 amide bonds. The van der Waals surface area contributed by atoms with Crippen molar-refractivity contribution in [2.75, 3.05) is 27.2 Å². The van der Waals surface area contributed by atoms with Gasteiger partial charge in [0.25, 0.3) is 0 Å². The second-order valence-corrected chi connectivity index (χ2v) is 4.58. The second kappa shape index (κ2) is 13.0. The van der Waals surface area contributed by atoms with Crippen LogP contribution in [0.3, 0.4) is 0 Å². The Morgan fingerprint density at radius 2 is 1.00 bits per heavy atom. The third-order valence-corrected chi connectivity index (χ3v) is 2.26. The molecule has 2 N–H and O–H groups in total. The van der Waals surface area contributed by atoms with Gasteiger partial charge in [0.1, 0.15) is 0 Å². The van der Waals surface area contributed by atoms with Crippen molar-refractivity contribution in [2.45, 2.75) is 31.6 Å². The van der Waals surface area contributed by atoms with Gasteiger partial charge in [-0.1, -0.05) is 0 Å². The lowest BCUT2D eigenvalue weighted by atomic mass is 10.2. The van der Waals surface area contributed by atoms with Crippen LogP contribution < -0.4 is 10.6 Å². The summed E-state index contributed by atoms with van der Waals surface area (Å²) in [6.45, 7) is 2.10. The van der Waals surface area contributed by atoms with Crippen LogP contribution in [-0.2, 0) is 28.7 Å². The summed E-state index contributed by atoms with van der Waals surface area (Å²) in [7, 11) is 3.88. The Bertz CT molecular complexity index is 463. The van der Waals surface area contributed by atoms with Crippen LogP contribution in [0.2, 0.25) is 0 Å². The van der Waals surface area contributed by atoms with E-state index in [1.54, 1.807) is 0 Å². The molecule has 0 unspecified atom stereocenters. The maximum absolute atomic E-state index is 11.7. The van der Waals surface area contributed by atoms with Gasteiger partial charge in [-0.3, -0.25) is 9.59 Å². The molecule has 0 aliphatic heterocycles. The van der Waals surface area contributed by atoms with E-state index in [1.165, 1.54) is 0 Å². The van der Waals surface area contributed by atoms with E-state index in [1.807, 2.05) is 14.1 Å². The van der Waals surface area contributed by atoms with E-state index in [0.717, 1.165) is 13.1 Å². The number of likely N-dealkylation sites (N-methyl/N-ethyl adjacent to an activating group) is 2. The Morgan fingerprint density at radius 3 is 1.22 bits per heavy atom. The maximum Gasteiger partial charge on any atom is 0.491 e. The average molecular weight is 412 g/mol. The summed E-state index contributed by atoms with van der Waals surface area (Å²) in [5.41, 5.74) is 0. The van der Waals surface area contributed by atoms with Gasteiger partial charge in [-0.25, -0.2) is 9.59 Å². The Hall–Kier alpha value is -2.22. The standard InChI is InChI=1S/C9H6F6O6.C4H12N2/c10-8(11,12)6(18)20-4(16)2-1-3-5(17)21-7(19)9(13,14)15;1-5-3-4-6-2/h1-3H2;5-6H,3-4H2,1-2H3. The Balaban J connectivity index is 0. The Morgan fingerprint density at radius 1 is 0.704 bits per heavy atom. The van der Waals surface area contributed by atoms with Crippen LogP contribution in [0.4, 0.5) is 26.3 Å². The van der Waals surface area contributed by atoms with Crippen LogP contribution in [0.25, 0.3) is 0 Å². The summed E-state index contributed by atoms with van der Waals surface area (Å²) in [6, 6.07) is 0. The third-order valence-electron chi connectivity index (χ3n) is 2.26. The highest BCUT2D eigenvalue weighted by Gasteiger charge is 2.43. The van der Waals surface area contributed by atoms with Gasteiger partial charge in [0, 0.05) is 25.9 Å². The Labute approximate surface area is 149 Å². The first-order valence-corrected chi connectivity index (χ1v) is 7.18. The van der Waals surface area contributed by atoms with Crippen molar-refractivity contribution in [1.82, 2.24) is 10.6 Å². The first-order chi connectivity index (χ1) is 12.3. The largest absolute Gasteiger partial charge is 0.491 e. The third kappa shape index (κ3) is 15.7. The molecule has 0 fully saturated rings. The number of nitrogens with one attached hydrogen (secondary N) is 2. The molecule has 158 valence electrons. The SMILES string of the molecule is CNCCNC.O=C(CCCC(=O)OC(=O)C(F)(F)F)OC(=O)C(F)(F)F. The molecule has 0 atom stereocenters. The quantitative estimate of drug-likeness (QED) is 0.274. The molecule has 27 heavy (non-hydrogen) atoms. The normalized spacial score (nSPS) is 11.1. The van der Waals surface area contributed by atoms with E-state index >= 15 is 0 Å². The van der Waals surface area contributed by atoms with Crippen molar-refractivity contribution >= 4 is 23.9 Å². The highest BCUT2D eigenvalue weighted by Crippen LogP contribution is 2.18. The van der Waals surface area contributed by atoms with Crippen molar-refractivity contribution in [3.63, 3.8) is 0 Å². The van der Waals surface area contributed by atoms with E-state index in [-0.39, 0.29) is 0 Å². The number of alkyl halides is 6. The van der Waals surface area contributed by atoms with Crippen molar-refractivity contribution in [1.29, 1.82) is 0 Å². The number of ether oxygens (including phenoxy) is 2. The summed E-state index contributed by atoms with van der Waals surface area (Å²) < 4.78 is 76.7. The minimum absolute atomic E-state index is 0.575. The molecule has 0 spiro atoms. The van der Waals surface area contributed by atoms with Crippen LogP contribution in [0.15, 0.2) is 0 Å². The molecule has 8 nitrogen and oxygen atoms in total. The van der Waals surface area contributed by atoms with Crippen molar-refractivity contribution in [2.24, 2.45) is 0 Å². The van der Waals surface area contributed by atoms with Gasteiger partial charge in [0.15, 0.2) is 0 Å². The zero-order valence-corrected chi connectivity index (χ0v) is 14.3. The number of carbonyl (C=O) groups excluding carboxylic acids is 4. The molecule has 0 aliphatic rings. The van der Waals surface area contributed by atoms with Crippen LogP contribution in [-0.4, -0.2) is 63.4 Å². The molecule has 0 aromatic heterocycles. The molecule has 0 heterocycles. The van der Waals surface area contributed by atoms with E-state index in [2.05, 4.69) is 20.1 Å². The number of esters is 4.